The molecule has 1 aromatic carbocycles. The molecular formula is C18H23N3O2. The minimum absolute atomic E-state index is 0.172. The van der Waals surface area contributed by atoms with Crippen LogP contribution in [0.2, 0.25) is 0 Å². The van der Waals surface area contributed by atoms with E-state index in [1.54, 1.807) is 6.33 Å². The number of para-hydroxylation sites is 1. The Hall–Kier alpha value is -2.14. The maximum absolute atomic E-state index is 9.47. The summed E-state index contributed by atoms with van der Waals surface area (Å²) in [6, 6.07) is 10.1. The third-order valence-corrected chi connectivity index (χ3v) is 4.28. The topological polar surface area (TPSA) is 58.5 Å². The van der Waals surface area contributed by atoms with E-state index in [1.165, 1.54) is 0 Å². The Morgan fingerprint density at radius 1 is 1.26 bits per heavy atom. The molecule has 23 heavy (non-hydrogen) atoms. The average molecular weight is 313 g/mol. The highest BCUT2D eigenvalue weighted by atomic mass is 16.5. The second-order valence-electron chi connectivity index (χ2n) is 6.02. The zero-order valence-electron chi connectivity index (χ0n) is 13.6. The average Bonchev–Trinajstić information content (AvgIpc) is 2.54. The Labute approximate surface area is 137 Å². The minimum Gasteiger partial charge on any atom is -0.494 e. The van der Waals surface area contributed by atoms with Crippen molar-refractivity contribution in [3.8, 4) is 5.75 Å². The van der Waals surface area contributed by atoms with Crippen LogP contribution in [0.5, 0.6) is 5.75 Å². The Morgan fingerprint density at radius 2 is 2.04 bits per heavy atom. The maximum atomic E-state index is 9.47. The van der Waals surface area contributed by atoms with Gasteiger partial charge in [-0.2, -0.15) is 0 Å². The van der Waals surface area contributed by atoms with Crippen molar-refractivity contribution in [1.29, 1.82) is 0 Å². The quantitative estimate of drug-likeness (QED) is 0.888. The molecular weight excluding hydrogens is 290 g/mol. The maximum Gasteiger partial charge on any atom is 0.132 e. The molecule has 122 valence electrons. The van der Waals surface area contributed by atoms with E-state index in [0.717, 1.165) is 42.2 Å². The summed E-state index contributed by atoms with van der Waals surface area (Å²) in [6.07, 6.45) is 3.04. The fourth-order valence-electron chi connectivity index (χ4n) is 2.89. The molecule has 1 aromatic heterocycles. The van der Waals surface area contributed by atoms with E-state index < -0.39 is 0 Å². The van der Waals surface area contributed by atoms with Crippen LogP contribution in [-0.4, -0.2) is 34.8 Å². The van der Waals surface area contributed by atoms with Gasteiger partial charge < -0.3 is 14.7 Å². The SMILES string of the molecule is CCOc1ccccc1CN(C)c1cc(C2CC(O)C2)ncn1. The van der Waals surface area contributed by atoms with Gasteiger partial charge in [-0.3, -0.25) is 0 Å². The van der Waals surface area contributed by atoms with Gasteiger partial charge in [0.05, 0.1) is 12.7 Å². The molecule has 0 radical (unpaired) electrons. The van der Waals surface area contributed by atoms with Crippen molar-refractivity contribution >= 4 is 5.82 Å². The highest BCUT2D eigenvalue weighted by molar-refractivity contribution is 5.43. The molecule has 0 unspecified atom stereocenters. The molecule has 1 fully saturated rings. The van der Waals surface area contributed by atoms with Gasteiger partial charge in [-0.05, 0) is 25.8 Å². The summed E-state index contributed by atoms with van der Waals surface area (Å²) in [5, 5.41) is 9.47. The molecule has 5 heteroatoms. The largest absolute Gasteiger partial charge is 0.494 e. The van der Waals surface area contributed by atoms with E-state index in [0.29, 0.717) is 12.5 Å². The zero-order chi connectivity index (χ0) is 16.2. The Bertz CT molecular complexity index is 656. The summed E-state index contributed by atoms with van der Waals surface area (Å²) >= 11 is 0. The fraction of sp³-hybridized carbons (Fsp3) is 0.444. The lowest BCUT2D eigenvalue weighted by Crippen LogP contribution is -2.27. The predicted octanol–water partition coefficient (Wildman–Crippen LogP) is 2.75. The van der Waals surface area contributed by atoms with Crippen molar-refractivity contribution in [1.82, 2.24) is 9.97 Å². The number of hydrogen-bond acceptors (Lipinski definition) is 5. The molecule has 0 aliphatic heterocycles. The van der Waals surface area contributed by atoms with Gasteiger partial charge in [0.15, 0.2) is 0 Å². The summed E-state index contributed by atoms with van der Waals surface area (Å²) < 4.78 is 5.69. The molecule has 3 rings (SSSR count). The number of hydrogen-bond donors (Lipinski definition) is 1. The summed E-state index contributed by atoms with van der Waals surface area (Å²) in [4.78, 5) is 10.8. The van der Waals surface area contributed by atoms with Crippen molar-refractivity contribution < 1.29 is 9.84 Å². The highest BCUT2D eigenvalue weighted by Gasteiger charge is 2.29. The van der Waals surface area contributed by atoms with Gasteiger partial charge >= 0.3 is 0 Å². The number of rotatable bonds is 6. The predicted molar refractivity (Wildman–Crippen MR) is 89.7 cm³/mol. The van der Waals surface area contributed by atoms with E-state index in [1.807, 2.05) is 38.2 Å². The smallest absolute Gasteiger partial charge is 0.132 e. The van der Waals surface area contributed by atoms with Crippen LogP contribution in [0, 0.1) is 0 Å². The molecule has 0 bridgehead atoms. The Balaban J connectivity index is 1.73. The number of ether oxygens (including phenoxy) is 1. The van der Waals surface area contributed by atoms with Gasteiger partial charge in [-0.1, -0.05) is 18.2 Å². The molecule has 0 amide bonds. The van der Waals surface area contributed by atoms with Crippen molar-refractivity contribution in [2.45, 2.75) is 38.3 Å². The monoisotopic (exact) mass is 313 g/mol. The van der Waals surface area contributed by atoms with Gasteiger partial charge in [0, 0.05) is 36.8 Å². The first-order valence-electron chi connectivity index (χ1n) is 8.09. The van der Waals surface area contributed by atoms with E-state index in [4.69, 9.17) is 4.74 Å². The third-order valence-electron chi connectivity index (χ3n) is 4.28. The standard InChI is InChI=1S/C18H23N3O2/c1-3-23-17-7-5-4-6-13(17)11-21(2)18-10-16(19-12-20-18)14-8-15(22)9-14/h4-7,10,12,14-15,22H,3,8-9,11H2,1-2H3. The van der Waals surface area contributed by atoms with Crippen LogP contribution in [0.1, 0.15) is 36.9 Å². The van der Waals surface area contributed by atoms with Crippen LogP contribution in [0.15, 0.2) is 36.7 Å². The van der Waals surface area contributed by atoms with Gasteiger partial charge in [0.1, 0.15) is 17.9 Å². The molecule has 0 spiro atoms. The highest BCUT2D eigenvalue weighted by Crippen LogP contribution is 2.36. The minimum atomic E-state index is -0.172. The first kappa shape index (κ1) is 15.7. The molecule has 1 saturated carbocycles. The molecule has 2 aromatic rings. The van der Waals surface area contributed by atoms with E-state index in [2.05, 4.69) is 20.9 Å². The third kappa shape index (κ3) is 3.62. The lowest BCUT2D eigenvalue weighted by Gasteiger charge is -2.31. The van der Waals surface area contributed by atoms with E-state index in [-0.39, 0.29) is 6.10 Å². The second-order valence-corrected chi connectivity index (χ2v) is 6.02. The van der Waals surface area contributed by atoms with Gasteiger partial charge in [0.25, 0.3) is 0 Å². The number of benzene rings is 1. The molecule has 1 heterocycles. The lowest BCUT2D eigenvalue weighted by atomic mass is 9.80. The number of aliphatic hydroxyl groups excluding tert-OH is 1. The number of nitrogens with zero attached hydrogens (tertiary/aromatic N) is 3. The first-order valence-corrected chi connectivity index (χ1v) is 8.09. The summed E-state index contributed by atoms with van der Waals surface area (Å²) in [7, 11) is 2.02. The van der Waals surface area contributed by atoms with Gasteiger partial charge in [0.2, 0.25) is 0 Å². The Morgan fingerprint density at radius 3 is 2.78 bits per heavy atom. The van der Waals surface area contributed by atoms with Crippen LogP contribution in [0.3, 0.4) is 0 Å². The summed E-state index contributed by atoms with van der Waals surface area (Å²) in [5.74, 6) is 2.16. The van der Waals surface area contributed by atoms with E-state index in [9.17, 15) is 5.11 Å². The molecule has 1 aliphatic rings. The van der Waals surface area contributed by atoms with Crippen molar-refractivity contribution in [3.63, 3.8) is 0 Å². The number of anilines is 1. The molecule has 0 saturated heterocycles. The van der Waals surface area contributed by atoms with Crippen molar-refractivity contribution in [2.75, 3.05) is 18.6 Å². The lowest BCUT2D eigenvalue weighted by molar-refractivity contribution is 0.0732. The number of aliphatic hydroxyl groups is 1. The first-order chi connectivity index (χ1) is 11.2. The van der Waals surface area contributed by atoms with Crippen LogP contribution in [0.25, 0.3) is 0 Å². The van der Waals surface area contributed by atoms with Crippen LogP contribution >= 0.6 is 0 Å². The zero-order valence-corrected chi connectivity index (χ0v) is 13.6. The van der Waals surface area contributed by atoms with Crippen LogP contribution < -0.4 is 9.64 Å². The van der Waals surface area contributed by atoms with Crippen molar-refractivity contribution in [3.05, 3.63) is 47.9 Å². The molecule has 1 aliphatic carbocycles. The fourth-order valence-corrected chi connectivity index (χ4v) is 2.89. The van der Waals surface area contributed by atoms with Crippen LogP contribution in [-0.2, 0) is 6.54 Å². The number of aromatic nitrogens is 2. The van der Waals surface area contributed by atoms with Gasteiger partial charge in [-0.25, -0.2) is 9.97 Å². The normalized spacial score (nSPS) is 20.0. The molecule has 0 atom stereocenters. The van der Waals surface area contributed by atoms with E-state index >= 15 is 0 Å². The Kier molecular flexibility index (Phi) is 4.76. The molecule has 5 nitrogen and oxygen atoms in total. The van der Waals surface area contributed by atoms with Crippen LogP contribution in [0.4, 0.5) is 5.82 Å². The summed E-state index contributed by atoms with van der Waals surface area (Å²) in [6.45, 7) is 3.37. The van der Waals surface area contributed by atoms with Crippen molar-refractivity contribution in [2.24, 2.45) is 0 Å². The van der Waals surface area contributed by atoms with Gasteiger partial charge in [-0.15, -0.1) is 0 Å². The summed E-state index contributed by atoms with van der Waals surface area (Å²) in [5.41, 5.74) is 2.15. The molecule has 1 N–H and O–H groups in total. The second kappa shape index (κ2) is 6.96.